The van der Waals surface area contributed by atoms with Crippen LogP contribution in [0.2, 0.25) is 0 Å². The number of carbonyl (C=O) groups is 1. The zero-order chi connectivity index (χ0) is 27.7. The van der Waals surface area contributed by atoms with Crippen molar-refractivity contribution in [3.63, 3.8) is 0 Å². The summed E-state index contributed by atoms with van der Waals surface area (Å²) < 4.78 is 47.8. The summed E-state index contributed by atoms with van der Waals surface area (Å²) in [6.07, 6.45) is 0.656. The SMILES string of the molecule is COC(=O)[C@H](C)NP(=O)(Cc1ccccc1)OC[C@]1(F)C[C@H](C)[C@H](n2cnc3c(N(C)C)nc(N)nc32)O1. The number of nitrogens with one attached hydrogen (secondary N) is 1. The molecule has 1 aliphatic rings. The summed E-state index contributed by atoms with van der Waals surface area (Å²) in [5, 5.41) is 2.72. The van der Waals surface area contributed by atoms with Gasteiger partial charge in [0.15, 0.2) is 17.0 Å². The van der Waals surface area contributed by atoms with Gasteiger partial charge in [-0.25, -0.2) is 14.5 Å². The van der Waals surface area contributed by atoms with Crippen LogP contribution in [0.15, 0.2) is 36.7 Å². The lowest BCUT2D eigenvalue weighted by molar-refractivity contribution is -0.172. The highest BCUT2D eigenvalue weighted by Crippen LogP contribution is 2.50. The van der Waals surface area contributed by atoms with E-state index in [1.165, 1.54) is 20.4 Å². The average Bonchev–Trinajstić information content (AvgIpc) is 3.42. The molecule has 0 aliphatic carbocycles. The number of nitrogens with zero attached hydrogens (tertiary/aromatic N) is 5. The van der Waals surface area contributed by atoms with E-state index < -0.39 is 38.2 Å². The van der Waals surface area contributed by atoms with Gasteiger partial charge in [0.2, 0.25) is 11.8 Å². The second kappa shape index (κ2) is 10.9. The largest absolute Gasteiger partial charge is 0.468 e. The number of rotatable bonds is 10. The Labute approximate surface area is 220 Å². The van der Waals surface area contributed by atoms with E-state index in [9.17, 15) is 9.36 Å². The number of esters is 1. The molecule has 5 atom stereocenters. The highest BCUT2D eigenvalue weighted by Gasteiger charge is 2.48. The summed E-state index contributed by atoms with van der Waals surface area (Å²) in [7, 11) is 1.09. The molecule has 0 radical (unpaired) electrons. The molecule has 14 heteroatoms. The average molecular weight is 550 g/mol. The molecule has 3 aromatic rings. The van der Waals surface area contributed by atoms with E-state index in [1.807, 2.05) is 27.1 Å². The maximum atomic E-state index is 16.0. The predicted molar refractivity (Wildman–Crippen MR) is 140 cm³/mol. The number of anilines is 2. The lowest BCUT2D eigenvalue weighted by atomic mass is 10.1. The lowest BCUT2D eigenvalue weighted by Gasteiger charge is -2.27. The van der Waals surface area contributed by atoms with Crippen LogP contribution in [0.3, 0.4) is 0 Å². The number of benzene rings is 1. The van der Waals surface area contributed by atoms with Crippen LogP contribution in [0.4, 0.5) is 16.2 Å². The van der Waals surface area contributed by atoms with Crippen LogP contribution < -0.4 is 15.7 Å². The fourth-order valence-electron chi connectivity index (χ4n) is 4.48. The Balaban J connectivity index is 1.55. The number of ether oxygens (including phenoxy) is 2. The molecule has 0 amide bonds. The number of hydrogen-bond donors (Lipinski definition) is 2. The molecule has 2 aromatic heterocycles. The number of imidazole rings is 1. The molecule has 4 rings (SSSR count). The van der Waals surface area contributed by atoms with Gasteiger partial charge in [-0.2, -0.15) is 9.97 Å². The minimum atomic E-state index is -3.75. The van der Waals surface area contributed by atoms with Gasteiger partial charge in [-0.3, -0.25) is 13.9 Å². The predicted octanol–water partition coefficient (Wildman–Crippen LogP) is 3.26. The van der Waals surface area contributed by atoms with Gasteiger partial charge in [-0.1, -0.05) is 37.3 Å². The number of carbonyl (C=O) groups excluding carboxylic acids is 1. The van der Waals surface area contributed by atoms with Crippen LogP contribution in [0.1, 0.15) is 32.1 Å². The molecule has 0 saturated carbocycles. The summed E-state index contributed by atoms with van der Waals surface area (Å²) in [6, 6.07) is 8.02. The number of nitrogen functional groups attached to an aromatic ring is 1. The summed E-state index contributed by atoms with van der Waals surface area (Å²) in [6.45, 7) is 2.71. The fourth-order valence-corrected chi connectivity index (χ4v) is 6.53. The molecule has 3 N–H and O–H groups in total. The Hall–Kier alpha value is -3.12. The van der Waals surface area contributed by atoms with Gasteiger partial charge < -0.3 is 24.6 Å². The third-order valence-electron chi connectivity index (χ3n) is 6.23. The first-order valence-corrected chi connectivity index (χ1v) is 13.9. The van der Waals surface area contributed by atoms with Gasteiger partial charge in [-0.05, 0) is 12.5 Å². The third kappa shape index (κ3) is 5.96. The number of halogens is 1. The maximum absolute atomic E-state index is 16.0. The van der Waals surface area contributed by atoms with Crippen molar-refractivity contribution in [2.24, 2.45) is 5.92 Å². The first-order valence-electron chi connectivity index (χ1n) is 12.1. The number of nitrogens with two attached hydrogens (primary N) is 1. The second-order valence-corrected chi connectivity index (χ2v) is 11.8. The molecule has 12 nitrogen and oxygen atoms in total. The number of alkyl halides is 1. The highest BCUT2D eigenvalue weighted by molar-refractivity contribution is 7.56. The van der Waals surface area contributed by atoms with Crippen molar-refractivity contribution in [3.8, 4) is 0 Å². The summed E-state index contributed by atoms with van der Waals surface area (Å²) >= 11 is 0. The first kappa shape index (κ1) is 27.9. The first-order chi connectivity index (χ1) is 17.9. The van der Waals surface area contributed by atoms with Crippen molar-refractivity contribution in [3.05, 3.63) is 42.2 Å². The fraction of sp³-hybridized carbons (Fsp3) is 0.500. The van der Waals surface area contributed by atoms with E-state index in [2.05, 4.69) is 20.0 Å². The Bertz CT molecular complexity index is 1340. The minimum Gasteiger partial charge on any atom is -0.468 e. The Morgan fingerprint density at radius 1 is 1.37 bits per heavy atom. The van der Waals surface area contributed by atoms with E-state index in [4.69, 9.17) is 19.7 Å². The second-order valence-electron chi connectivity index (χ2n) is 9.66. The van der Waals surface area contributed by atoms with Crippen LogP contribution in [0.5, 0.6) is 0 Å². The van der Waals surface area contributed by atoms with Crippen molar-refractivity contribution in [2.75, 3.05) is 38.4 Å². The third-order valence-corrected chi connectivity index (χ3v) is 8.34. The molecule has 206 valence electrons. The topological polar surface area (TPSA) is 147 Å². The number of fused-ring (bicyclic) bond motifs is 1. The number of methoxy groups -OCH3 is 1. The molecule has 1 fully saturated rings. The van der Waals surface area contributed by atoms with Crippen LogP contribution in [0.25, 0.3) is 11.2 Å². The van der Waals surface area contributed by atoms with Crippen molar-refractivity contribution in [1.29, 1.82) is 0 Å². The van der Waals surface area contributed by atoms with Crippen molar-refractivity contribution in [1.82, 2.24) is 24.6 Å². The van der Waals surface area contributed by atoms with E-state index >= 15 is 4.39 Å². The number of hydrogen-bond acceptors (Lipinski definition) is 10. The van der Waals surface area contributed by atoms with Crippen LogP contribution in [0, 0.1) is 5.92 Å². The quantitative estimate of drug-likeness (QED) is 0.284. The van der Waals surface area contributed by atoms with Gasteiger partial charge >= 0.3 is 5.97 Å². The van der Waals surface area contributed by atoms with E-state index in [1.54, 1.807) is 33.7 Å². The number of aromatic nitrogens is 4. The molecule has 1 aromatic carbocycles. The smallest absolute Gasteiger partial charge is 0.323 e. The zero-order valence-electron chi connectivity index (χ0n) is 22.0. The van der Waals surface area contributed by atoms with Gasteiger partial charge in [0.05, 0.1) is 19.6 Å². The standard InChI is InChI=1S/C24H33FN7O5P/c1-15-11-24(25,37-21(15)32-14-27-18-19(31(3)4)28-23(26)29-20(18)32)13-36-38(34,30-16(2)22(33)35-5)12-17-9-7-6-8-10-17/h6-10,14-16,21H,11-13H2,1-5H3,(H,30,34)(H2,26,28,29)/t15-,16-,21+,24-,38?/m0/s1. The van der Waals surface area contributed by atoms with Crippen LogP contribution in [-0.2, 0) is 29.5 Å². The van der Waals surface area contributed by atoms with Gasteiger partial charge in [0, 0.05) is 26.4 Å². The molecule has 1 aliphatic heterocycles. The van der Waals surface area contributed by atoms with E-state index in [0.717, 1.165) is 0 Å². The van der Waals surface area contributed by atoms with Crippen LogP contribution in [-0.4, -0.2) is 65.2 Å². The van der Waals surface area contributed by atoms with Gasteiger partial charge in [-0.15, -0.1) is 0 Å². The van der Waals surface area contributed by atoms with Gasteiger partial charge in [0.1, 0.15) is 18.9 Å². The zero-order valence-corrected chi connectivity index (χ0v) is 22.9. The summed E-state index contributed by atoms with van der Waals surface area (Å²) in [4.78, 5) is 26.7. The van der Waals surface area contributed by atoms with E-state index in [-0.39, 0.29) is 24.4 Å². The molecule has 38 heavy (non-hydrogen) atoms. The Kier molecular flexibility index (Phi) is 8.03. The van der Waals surface area contributed by atoms with E-state index in [0.29, 0.717) is 22.5 Å². The summed E-state index contributed by atoms with van der Waals surface area (Å²) in [5.41, 5.74) is 7.52. The van der Waals surface area contributed by atoms with Crippen molar-refractivity contribution in [2.45, 2.75) is 44.6 Å². The molecule has 1 saturated heterocycles. The highest BCUT2D eigenvalue weighted by atomic mass is 31.2. The minimum absolute atomic E-state index is 0.0314. The molecule has 1 unspecified atom stereocenters. The Morgan fingerprint density at radius 3 is 2.74 bits per heavy atom. The molecule has 3 heterocycles. The molecule has 0 bridgehead atoms. The van der Waals surface area contributed by atoms with Crippen LogP contribution >= 0.6 is 7.52 Å². The van der Waals surface area contributed by atoms with Crippen molar-refractivity contribution >= 4 is 36.4 Å². The normalized spacial score (nSPS) is 23.7. The molecular formula is C24H33FN7O5P. The molecule has 0 spiro atoms. The molecular weight excluding hydrogens is 516 g/mol. The summed E-state index contributed by atoms with van der Waals surface area (Å²) in [5.74, 6) is -2.61. The van der Waals surface area contributed by atoms with Crippen molar-refractivity contribution < 1.29 is 27.7 Å². The monoisotopic (exact) mass is 549 g/mol. The van der Waals surface area contributed by atoms with Gasteiger partial charge in [0.25, 0.3) is 7.52 Å². The maximum Gasteiger partial charge on any atom is 0.323 e. The Morgan fingerprint density at radius 2 is 2.08 bits per heavy atom. The lowest BCUT2D eigenvalue weighted by Crippen LogP contribution is -2.36.